The van der Waals surface area contributed by atoms with Gasteiger partial charge >= 0.3 is 11.9 Å². The van der Waals surface area contributed by atoms with Crippen molar-refractivity contribution in [1.82, 2.24) is 14.0 Å². The maximum atomic E-state index is 14.9. The number of nitrogens with two attached hydrogens (primary N) is 1. The molecule has 2 aromatic heterocycles. The number of aromatic carboxylic acids is 2. The second-order valence-corrected chi connectivity index (χ2v) is 14.9. The first-order valence-electron chi connectivity index (χ1n) is 17.2. The maximum Gasteiger partial charge on any atom is 0.341 e. The first kappa shape index (κ1) is 33.6. The van der Waals surface area contributed by atoms with Crippen LogP contribution in [0.1, 0.15) is 71.3 Å². The second-order valence-electron chi connectivity index (χ2n) is 14.5. The summed E-state index contributed by atoms with van der Waals surface area (Å²) < 4.78 is 33.2. The molecule has 0 radical (unpaired) electrons. The van der Waals surface area contributed by atoms with E-state index in [2.05, 4.69) is 16.8 Å². The van der Waals surface area contributed by atoms with Crippen molar-refractivity contribution >= 4 is 56.7 Å². The third-order valence-corrected chi connectivity index (χ3v) is 11.3. The molecule has 5 fully saturated rings. The van der Waals surface area contributed by atoms with E-state index in [9.17, 15) is 38.2 Å². The monoisotopic (exact) mass is 722 g/mol. The van der Waals surface area contributed by atoms with Crippen LogP contribution in [0.5, 0.6) is 0 Å². The number of aromatic nitrogens is 2. The summed E-state index contributed by atoms with van der Waals surface area (Å²) in [6, 6.07) is 5.03. The van der Waals surface area contributed by atoms with Crippen LogP contribution in [0.25, 0.3) is 21.8 Å². The average molecular weight is 723 g/mol. The maximum absolute atomic E-state index is 14.9. The molecule has 2 aromatic carbocycles. The summed E-state index contributed by atoms with van der Waals surface area (Å²) in [6.45, 7) is 2.77. The number of carboxylic acids is 2. The highest BCUT2D eigenvalue weighted by molar-refractivity contribution is 6.38. The van der Waals surface area contributed by atoms with Gasteiger partial charge in [-0.25, -0.2) is 18.4 Å². The van der Waals surface area contributed by atoms with E-state index in [1.54, 1.807) is 15.5 Å². The Morgan fingerprint density at radius 2 is 1.41 bits per heavy atom. The Morgan fingerprint density at radius 1 is 0.804 bits per heavy atom. The molecule has 9 rings (SSSR count). The van der Waals surface area contributed by atoms with Crippen LogP contribution in [0.15, 0.2) is 40.2 Å². The topological polar surface area (TPSA) is 154 Å². The van der Waals surface area contributed by atoms with Gasteiger partial charge in [0.25, 0.3) is 0 Å². The van der Waals surface area contributed by atoms with E-state index in [1.807, 2.05) is 4.57 Å². The van der Waals surface area contributed by atoms with Crippen molar-refractivity contribution in [3.05, 3.63) is 78.8 Å². The van der Waals surface area contributed by atoms with Crippen LogP contribution in [0.2, 0.25) is 5.02 Å². The number of likely N-dealkylation sites (N-methyl/N-ethyl adjacent to an activating group) is 1. The van der Waals surface area contributed by atoms with Gasteiger partial charge in [0.2, 0.25) is 10.9 Å². The van der Waals surface area contributed by atoms with Gasteiger partial charge in [-0.15, -0.1) is 0 Å². The lowest BCUT2D eigenvalue weighted by molar-refractivity contribution is 0.0684. The Labute approximate surface area is 295 Å². The van der Waals surface area contributed by atoms with E-state index in [1.165, 1.54) is 18.5 Å². The van der Waals surface area contributed by atoms with Crippen molar-refractivity contribution in [1.29, 1.82) is 0 Å². The quantitative estimate of drug-likeness (QED) is 0.261. The van der Waals surface area contributed by atoms with Crippen LogP contribution < -0.4 is 26.4 Å². The van der Waals surface area contributed by atoms with Crippen molar-refractivity contribution < 1.29 is 28.6 Å². The second kappa shape index (κ2) is 12.3. The lowest BCUT2D eigenvalue weighted by atomic mass is 10.1. The molecule has 4 aromatic rings. The number of halogens is 3. The lowest BCUT2D eigenvalue weighted by Crippen LogP contribution is -2.44. The first-order chi connectivity index (χ1) is 24.3. The van der Waals surface area contributed by atoms with Gasteiger partial charge < -0.3 is 34.9 Å². The Kier molecular flexibility index (Phi) is 8.11. The number of benzene rings is 2. The Hall–Kier alpha value is -4.53. The van der Waals surface area contributed by atoms with Gasteiger partial charge in [-0.05, 0) is 63.8 Å². The number of fused-ring (bicyclic) bond motifs is 4. The fourth-order valence-electron chi connectivity index (χ4n) is 8.05. The normalized spacial score (nSPS) is 23.0. The Bertz CT molecular complexity index is 2270. The highest BCUT2D eigenvalue weighted by Crippen LogP contribution is 2.43. The number of rotatable bonds is 6. The first-order valence-corrected chi connectivity index (χ1v) is 17.6. The lowest BCUT2D eigenvalue weighted by Gasteiger charge is -2.34. The number of carbonyl (C=O) groups is 2. The number of likely N-dealkylation sites (tertiary alicyclic amines) is 1. The molecule has 3 aliphatic heterocycles. The summed E-state index contributed by atoms with van der Waals surface area (Å²) in [6.07, 6.45) is 8.15. The van der Waals surface area contributed by atoms with E-state index >= 15 is 0 Å². The Balaban J connectivity index is 0.000000147. The van der Waals surface area contributed by atoms with Crippen LogP contribution in [0, 0.1) is 11.6 Å². The fourth-order valence-corrected chi connectivity index (χ4v) is 8.46. The number of hydrogen-bond acceptors (Lipinski definition) is 8. The van der Waals surface area contributed by atoms with Crippen molar-refractivity contribution in [3.8, 4) is 0 Å². The molecule has 0 amide bonds. The number of anilines is 2. The molecule has 12 nitrogen and oxygen atoms in total. The summed E-state index contributed by atoms with van der Waals surface area (Å²) in [4.78, 5) is 54.0. The summed E-state index contributed by atoms with van der Waals surface area (Å²) in [5.41, 5.74) is 5.71. The van der Waals surface area contributed by atoms with E-state index < -0.39 is 34.4 Å². The molecule has 15 heteroatoms. The molecule has 1 unspecified atom stereocenters. The molecule has 2 saturated carbocycles. The minimum absolute atomic E-state index is 0.00143. The minimum Gasteiger partial charge on any atom is -0.477 e. The molecular weight excluding hydrogens is 686 g/mol. The van der Waals surface area contributed by atoms with Crippen molar-refractivity contribution in [2.45, 2.75) is 68.7 Å². The van der Waals surface area contributed by atoms with Crippen molar-refractivity contribution in [2.75, 3.05) is 43.0 Å². The van der Waals surface area contributed by atoms with Gasteiger partial charge in [0.05, 0.1) is 32.8 Å². The largest absolute Gasteiger partial charge is 0.477 e. The molecule has 2 bridgehead atoms. The fraction of sp³-hybridized carbons (Fsp3) is 0.444. The van der Waals surface area contributed by atoms with E-state index in [4.69, 9.17) is 17.3 Å². The molecule has 3 saturated heterocycles. The summed E-state index contributed by atoms with van der Waals surface area (Å²) in [7, 11) is 2.09. The number of piperazine rings is 1. The molecule has 2 aliphatic carbocycles. The van der Waals surface area contributed by atoms with Crippen molar-refractivity contribution in [2.24, 2.45) is 5.73 Å². The standard InChI is InChI=1S/C19H20FN3O3.C17H17ClFN3O3/c1-21-7-12-4-11(21)8-22(12)17-6-16-13(5-15(17)20)18(24)14(19(25)26)9-23(16)10-2-3-10;18-13-14-10(5-12(19)15(13)21-4-3-8(20)6-21)16(23)11(17(24)25)7-22(14)9-1-2-9/h5-6,9-12H,2-4,7-8H2,1H3,(H,25,26);5,7-9H,1-4,6,20H2,(H,24,25)/t11-,12-;/m0./s1. The molecule has 5 aliphatic rings. The minimum atomic E-state index is -1.33. The summed E-state index contributed by atoms with van der Waals surface area (Å²) in [5.74, 6) is -3.67. The predicted octanol–water partition coefficient (Wildman–Crippen LogP) is 4.43. The van der Waals surface area contributed by atoms with Gasteiger partial charge in [-0.2, -0.15) is 0 Å². The molecule has 3 atom stereocenters. The third-order valence-electron chi connectivity index (χ3n) is 11.0. The summed E-state index contributed by atoms with van der Waals surface area (Å²) in [5, 5.41) is 18.9. The number of hydrogen-bond donors (Lipinski definition) is 3. The van der Waals surface area contributed by atoms with Crippen molar-refractivity contribution in [3.63, 3.8) is 0 Å². The van der Waals surface area contributed by atoms with Gasteiger partial charge in [0.1, 0.15) is 22.8 Å². The predicted molar refractivity (Wildman–Crippen MR) is 189 cm³/mol. The third kappa shape index (κ3) is 5.73. The highest BCUT2D eigenvalue weighted by atomic mass is 35.5. The Morgan fingerprint density at radius 3 is 1.96 bits per heavy atom. The van der Waals surface area contributed by atoms with Crippen LogP contribution >= 0.6 is 11.6 Å². The van der Waals surface area contributed by atoms with Crippen LogP contribution in [0.3, 0.4) is 0 Å². The van der Waals surface area contributed by atoms with Gasteiger partial charge in [-0.1, -0.05) is 11.6 Å². The molecule has 51 heavy (non-hydrogen) atoms. The van der Waals surface area contributed by atoms with Crippen LogP contribution in [-0.4, -0.2) is 87.5 Å². The zero-order valence-corrected chi connectivity index (χ0v) is 28.6. The molecular formula is C36H37ClF2N6O6. The van der Waals surface area contributed by atoms with E-state index in [0.29, 0.717) is 35.9 Å². The molecule has 0 spiro atoms. The highest BCUT2D eigenvalue weighted by Gasteiger charge is 2.42. The molecule has 4 N–H and O–H groups in total. The van der Waals surface area contributed by atoms with E-state index in [-0.39, 0.29) is 56.8 Å². The van der Waals surface area contributed by atoms with Gasteiger partial charge in [0, 0.05) is 74.2 Å². The zero-order valence-electron chi connectivity index (χ0n) is 27.8. The summed E-state index contributed by atoms with van der Waals surface area (Å²) >= 11 is 6.53. The molecule has 268 valence electrons. The number of carboxylic acid groups (broad SMARTS) is 2. The zero-order chi connectivity index (χ0) is 36.0. The van der Waals surface area contributed by atoms with E-state index in [0.717, 1.165) is 57.7 Å². The molecule has 5 heterocycles. The number of nitrogens with zero attached hydrogens (tertiary/aromatic N) is 5. The van der Waals surface area contributed by atoms with Crippen LogP contribution in [0.4, 0.5) is 20.2 Å². The van der Waals surface area contributed by atoms with Gasteiger partial charge in [-0.3, -0.25) is 14.5 Å². The van der Waals surface area contributed by atoms with Crippen LogP contribution in [-0.2, 0) is 0 Å². The average Bonchev–Trinajstić information content (AvgIpc) is 4.00. The smallest absolute Gasteiger partial charge is 0.341 e. The number of pyridine rings is 2. The SMILES string of the molecule is CN1C[C@@H]2C[C@H]1CN2c1cc2c(cc1F)c(=O)c(C(=O)O)cn2C1CC1.NC1CCN(c2c(F)cc3c(=O)c(C(=O)O)cn(C4CC4)c3c2Cl)C1. The van der Waals surface area contributed by atoms with Gasteiger partial charge in [0.15, 0.2) is 0 Å².